The molecule has 0 bridgehead atoms. The van der Waals surface area contributed by atoms with Crippen LogP contribution in [-0.4, -0.2) is 20.1 Å². The van der Waals surface area contributed by atoms with E-state index in [1.807, 2.05) is 0 Å². The molecule has 0 radical (unpaired) electrons. The SMILES string of the molecule is COc1ccc(NC(=O)Cc2cc(Br)ccc2F)c(OC)c1. The number of amides is 1. The Kier molecular flexibility index (Phi) is 5.38. The highest BCUT2D eigenvalue weighted by atomic mass is 79.9. The van der Waals surface area contributed by atoms with Crippen LogP contribution >= 0.6 is 15.9 Å². The average molecular weight is 368 g/mol. The first-order valence-corrected chi connectivity index (χ1v) is 7.28. The van der Waals surface area contributed by atoms with Gasteiger partial charge in [-0.25, -0.2) is 4.39 Å². The van der Waals surface area contributed by atoms with Crippen LogP contribution in [0.15, 0.2) is 40.9 Å². The van der Waals surface area contributed by atoms with Crippen LogP contribution in [0.25, 0.3) is 0 Å². The normalized spacial score (nSPS) is 10.2. The van der Waals surface area contributed by atoms with Crippen LogP contribution in [0, 0.1) is 5.82 Å². The molecular weight excluding hydrogens is 353 g/mol. The van der Waals surface area contributed by atoms with Gasteiger partial charge >= 0.3 is 0 Å². The number of hydrogen-bond acceptors (Lipinski definition) is 3. The number of halogens is 2. The fraction of sp³-hybridized carbons (Fsp3) is 0.188. The van der Waals surface area contributed by atoms with Crippen molar-refractivity contribution in [3.63, 3.8) is 0 Å². The van der Waals surface area contributed by atoms with Crippen molar-refractivity contribution < 1.29 is 18.7 Å². The van der Waals surface area contributed by atoms with Crippen LogP contribution in [0.3, 0.4) is 0 Å². The topological polar surface area (TPSA) is 47.6 Å². The van der Waals surface area contributed by atoms with E-state index in [-0.39, 0.29) is 12.3 Å². The van der Waals surface area contributed by atoms with Gasteiger partial charge < -0.3 is 14.8 Å². The van der Waals surface area contributed by atoms with Crippen molar-refractivity contribution in [3.8, 4) is 11.5 Å². The lowest BCUT2D eigenvalue weighted by atomic mass is 10.1. The second-order valence-electron chi connectivity index (χ2n) is 4.53. The highest BCUT2D eigenvalue weighted by Crippen LogP contribution is 2.29. The number of methoxy groups -OCH3 is 2. The zero-order valence-corrected chi connectivity index (χ0v) is 13.7. The molecule has 0 atom stereocenters. The minimum absolute atomic E-state index is 0.0690. The minimum atomic E-state index is -0.417. The standard InChI is InChI=1S/C16H15BrFNO3/c1-21-12-4-6-14(15(9-12)22-2)19-16(20)8-10-7-11(17)3-5-13(10)18/h3-7,9H,8H2,1-2H3,(H,19,20). The Bertz CT molecular complexity index is 691. The Hall–Kier alpha value is -2.08. The third-order valence-corrected chi connectivity index (χ3v) is 3.53. The number of nitrogens with one attached hydrogen (secondary N) is 1. The molecule has 0 aliphatic rings. The van der Waals surface area contributed by atoms with Crippen LogP contribution < -0.4 is 14.8 Å². The monoisotopic (exact) mass is 367 g/mol. The molecule has 2 aromatic carbocycles. The highest BCUT2D eigenvalue weighted by molar-refractivity contribution is 9.10. The Balaban J connectivity index is 2.13. The first-order chi connectivity index (χ1) is 10.5. The van der Waals surface area contributed by atoms with Gasteiger partial charge in [0.1, 0.15) is 17.3 Å². The van der Waals surface area contributed by atoms with Crippen LogP contribution in [0.2, 0.25) is 0 Å². The summed E-state index contributed by atoms with van der Waals surface area (Å²) >= 11 is 3.26. The van der Waals surface area contributed by atoms with Gasteiger partial charge in [-0.15, -0.1) is 0 Å². The number of anilines is 1. The van der Waals surface area contributed by atoms with Gasteiger partial charge in [0.25, 0.3) is 0 Å². The van der Waals surface area contributed by atoms with Crippen molar-refractivity contribution in [3.05, 3.63) is 52.3 Å². The smallest absolute Gasteiger partial charge is 0.229 e. The van der Waals surface area contributed by atoms with Gasteiger partial charge in [0.05, 0.1) is 26.3 Å². The third-order valence-electron chi connectivity index (χ3n) is 3.04. The molecule has 6 heteroatoms. The lowest BCUT2D eigenvalue weighted by Crippen LogP contribution is -2.15. The summed E-state index contributed by atoms with van der Waals surface area (Å²) in [6.45, 7) is 0. The van der Waals surface area contributed by atoms with Gasteiger partial charge in [-0.1, -0.05) is 15.9 Å². The molecule has 0 spiro atoms. The fourth-order valence-corrected chi connectivity index (χ4v) is 2.36. The van der Waals surface area contributed by atoms with E-state index in [0.717, 1.165) is 4.47 Å². The summed E-state index contributed by atoms with van der Waals surface area (Å²) in [4.78, 5) is 12.1. The predicted octanol–water partition coefficient (Wildman–Crippen LogP) is 3.79. The van der Waals surface area contributed by atoms with Gasteiger partial charge in [0.2, 0.25) is 5.91 Å². The van der Waals surface area contributed by atoms with E-state index >= 15 is 0 Å². The molecule has 4 nitrogen and oxygen atoms in total. The molecule has 116 valence electrons. The molecule has 0 aliphatic carbocycles. The van der Waals surface area contributed by atoms with E-state index in [9.17, 15) is 9.18 Å². The minimum Gasteiger partial charge on any atom is -0.497 e. The molecule has 0 saturated carbocycles. The van der Waals surface area contributed by atoms with E-state index in [0.29, 0.717) is 22.7 Å². The van der Waals surface area contributed by atoms with E-state index in [4.69, 9.17) is 9.47 Å². The van der Waals surface area contributed by atoms with Crippen molar-refractivity contribution in [2.75, 3.05) is 19.5 Å². The summed E-state index contributed by atoms with van der Waals surface area (Å²) in [5.41, 5.74) is 0.822. The van der Waals surface area contributed by atoms with Crippen LogP contribution in [0.1, 0.15) is 5.56 Å². The maximum atomic E-state index is 13.7. The summed E-state index contributed by atoms with van der Waals surface area (Å²) in [6.07, 6.45) is -0.0690. The van der Waals surface area contributed by atoms with Gasteiger partial charge in [0, 0.05) is 10.5 Å². The van der Waals surface area contributed by atoms with E-state index in [2.05, 4.69) is 21.2 Å². The fourth-order valence-electron chi connectivity index (χ4n) is 1.95. The molecule has 0 heterocycles. The second-order valence-corrected chi connectivity index (χ2v) is 5.44. The van der Waals surface area contributed by atoms with E-state index in [1.165, 1.54) is 13.2 Å². The van der Waals surface area contributed by atoms with Crippen LogP contribution in [-0.2, 0) is 11.2 Å². The highest BCUT2D eigenvalue weighted by Gasteiger charge is 2.12. The Morgan fingerprint density at radius 2 is 1.95 bits per heavy atom. The van der Waals surface area contributed by atoms with E-state index in [1.54, 1.807) is 37.4 Å². The van der Waals surface area contributed by atoms with Crippen molar-refractivity contribution in [1.29, 1.82) is 0 Å². The van der Waals surface area contributed by atoms with Gasteiger partial charge in [0.15, 0.2) is 0 Å². The molecule has 0 aliphatic heterocycles. The summed E-state index contributed by atoms with van der Waals surface area (Å²) < 4.78 is 24.7. The lowest BCUT2D eigenvalue weighted by molar-refractivity contribution is -0.115. The first-order valence-electron chi connectivity index (χ1n) is 6.49. The van der Waals surface area contributed by atoms with Crippen LogP contribution in [0.5, 0.6) is 11.5 Å². The lowest BCUT2D eigenvalue weighted by Gasteiger charge is -2.12. The molecule has 0 saturated heterocycles. The third kappa shape index (κ3) is 3.98. The molecule has 0 aromatic heterocycles. The number of rotatable bonds is 5. The summed E-state index contributed by atoms with van der Waals surface area (Å²) in [6, 6.07) is 9.53. The Morgan fingerprint density at radius 3 is 2.64 bits per heavy atom. The zero-order valence-electron chi connectivity index (χ0n) is 12.2. The van der Waals surface area contributed by atoms with Gasteiger partial charge in [-0.05, 0) is 35.9 Å². The quantitative estimate of drug-likeness (QED) is 0.874. The van der Waals surface area contributed by atoms with Crippen molar-refractivity contribution in [1.82, 2.24) is 0 Å². The zero-order chi connectivity index (χ0) is 16.1. The van der Waals surface area contributed by atoms with Crippen LogP contribution in [0.4, 0.5) is 10.1 Å². The molecule has 1 amide bonds. The number of hydrogen-bond donors (Lipinski definition) is 1. The summed E-state index contributed by atoms with van der Waals surface area (Å²) in [5, 5.41) is 2.71. The maximum Gasteiger partial charge on any atom is 0.229 e. The summed E-state index contributed by atoms with van der Waals surface area (Å²) in [5.74, 6) is 0.343. The van der Waals surface area contributed by atoms with Gasteiger partial charge in [-0.2, -0.15) is 0 Å². The van der Waals surface area contributed by atoms with E-state index < -0.39 is 5.82 Å². The molecular formula is C16H15BrFNO3. The molecule has 22 heavy (non-hydrogen) atoms. The summed E-state index contributed by atoms with van der Waals surface area (Å²) in [7, 11) is 3.04. The molecule has 1 N–H and O–H groups in total. The predicted molar refractivity (Wildman–Crippen MR) is 86.0 cm³/mol. The maximum absolute atomic E-state index is 13.7. The first kappa shape index (κ1) is 16.3. The number of ether oxygens (including phenoxy) is 2. The molecule has 0 fully saturated rings. The van der Waals surface area contributed by atoms with Crippen molar-refractivity contribution in [2.24, 2.45) is 0 Å². The Morgan fingerprint density at radius 1 is 1.18 bits per heavy atom. The average Bonchev–Trinajstić information content (AvgIpc) is 2.51. The second kappa shape index (κ2) is 7.26. The van der Waals surface area contributed by atoms with Gasteiger partial charge in [-0.3, -0.25) is 4.79 Å². The van der Waals surface area contributed by atoms with Crippen molar-refractivity contribution >= 4 is 27.5 Å². The molecule has 2 rings (SSSR count). The molecule has 0 unspecified atom stereocenters. The number of carbonyl (C=O) groups is 1. The Labute approximate surface area is 136 Å². The molecule has 2 aromatic rings. The number of carbonyl (C=O) groups excluding carboxylic acids is 1. The largest absolute Gasteiger partial charge is 0.497 e. The number of benzene rings is 2. The van der Waals surface area contributed by atoms with Crippen molar-refractivity contribution in [2.45, 2.75) is 6.42 Å².